The van der Waals surface area contributed by atoms with Gasteiger partial charge < -0.3 is 40.0 Å². The summed E-state index contributed by atoms with van der Waals surface area (Å²) in [5, 5.41) is 42.7. The summed E-state index contributed by atoms with van der Waals surface area (Å²) in [5.41, 5.74) is 0. The van der Waals surface area contributed by atoms with E-state index in [-0.39, 0.29) is 0 Å². The Balaban J connectivity index is 1.91. The minimum absolute atomic E-state index is 0.305. The number of nitrogens with one attached hydrogen (secondary N) is 1. The van der Waals surface area contributed by atoms with E-state index in [4.69, 9.17) is 14.2 Å². The van der Waals surface area contributed by atoms with Crippen LogP contribution in [0.1, 0.15) is 0 Å². The van der Waals surface area contributed by atoms with Crippen LogP contribution in [0.2, 0.25) is 0 Å². The lowest BCUT2D eigenvalue weighted by atomic mass is 9.99. The lowest BCUT2D eigenvalue weighted by Gasteiger charge is -2.39. The molecule has 0 unspecified atom stereocenters. The highest BCUT2D eigenvalue weighted by atomic mass is 16.7. The number of hydrogen-bond acceptors (Lipinski definition) is 8. The monoisotopic (exact) mass is 379 g/mol. The van der Waals surface area contributed by atoms with Crippen molar-refractivity contribution >= 4 is 16.9 Å². The van der Waals surface area contributed by atoms with Crippen molar-refractivity contribution in [2.75, 3.05) is 13.7 Å². The van der Waals surface area contributed by atoms with Crippen molar-refractivity contribution in [3.8, 4) is 11.5 Å². The van der Waals surface area contributed by atoms with Crippen LogP contribution in [0, 0.1) is 0 Å². The minimum Gasteiger partial charge on any atom is -0.461 e. The van der Waals surface area contributed by atoms with Crippen LogP contribution in [0.25, 0.3) is 10.8 Å². The number of hydrogen-bond donors (Lipinski definition) is 5. The molecule has 0 aromatic heterocycles. The molecule has 3 rings (SSSR count). The molecule has 146 valence electrons. The number of fused-ring (bicyclic) bond motifs is 1. The normalized spacial score (nSPS) is 28.0. The Morgan fingerprint density at radius 3 is 2.30 bits per heavy atom. The Hall–Kier alpha value is -2.43. The molecule has 2 aromatic carbocycles. The largest absolute Gasteiger partial charge is 0.461 e. The van der Waals surface area contributed by atoms with Crippen molar-refractivity contribution in [1.29, 1.82) is 0 Å². The van der Waals surface area contributed by atoms with E-state index >= 15 is 0 Å². The molecular formula is C18H21NO8. The predicted molar refractivity (Wildman–Crippen MR) is 93.4 cm³/mol. The number of rotatable bonds is 4. The third kappa shape index (κ3) is 3.82. The van der Waals surface area contributed by atoms with Gasteiger partial charge in [-0.2, -0.15) is 0 Å². The Morgan fingerprint density at radius 2 is 1.67 bits per heavy atom. The van der Waals surface area contributed by atoms with Gasteiger partial charge in [0.2, 0.25) is 6.29 Å². The number of aliphatic hydroxyl groups is 4. The molecule has 0 bridgehead atoms. The first-order valence-electron chi connectivity index (χ1n) is 8.34. The second-order valence-corrected chi connectivity index (χ2v) is 6.06. The van der Waals surface area contributed by atoms with Crippen molar-refractivity contribution in [2.24, 2.45) is 0 Å². The van der Waals surface area contributed by atoms with Crippen molar-refractivity contribution in [3.05, 3.63) is 36.4 Å². The molecule has 1 aliphatic rings. The molecule has 0 aliphatic carbocycles. The summed E-state index contributed by atoms with van der Waals surface area (Å²) in [6, 6.07) is 10.0. The fourth-order valence-electron chi connectivity index (χ4n) is 2.88. The van der Waals surface area contributed by atoms with Gasteiger partial charge in [0.05, 0.1) is 6.61 Å². The molecule has 0 saturated carbocycles. The number of carbonyl (C=O) groups is 1. The van der Waals surface area contributed by atoms with Crippen molar-refractivity contribution in [1.82, 2.24) is 5.32 Å². The average Bonchev–Trinajstić information content (AvgIpc) is 2.68. The number of aliphatic hydroxyl groups excluding tert-OH is 4. The van der Waals surface area contributed by atoms with Gasteiger partial charge in [0, 0.05) is 17.8 Å². The van der Waals surface area contributed by atoms with Crippen LogP contribution in [0.4, 0.5) is 4.79 Å². The minimum atomic E-state index is -1.54. The van der Waals surface area contributed by atoms with Gasteiger partial charge in [-0.1, -0.05) is 24.3 Å². The number of benzene rings is 2. The highest BCUT2D eigenvalue weighted by molar-refractivity contribution is 5.94. The maximum atomic E-state index is 11.5. The molecule has 1 heterocycles. The molecule has 27 heavy (non-hydrogen) atoms. The molecule has 9 heteroatoms. The van der Waals surface area contributed by atoms with Crippen LogP contribution < -0.4 is 14.8 Å². The lowest BCUT2D eigenvalue weighted by molar-refractivity contribution is -0.277. The zero-order chi connectivity index (χ0) is 19.6. The highest BCUT2D eigenvalue weighted by Gasteiger charge is 2.44. The summed E-state index contributed by atoms with van der Waals surface area (Å²) in [5.74, 6) is 0.616. The molecule has 1 fully saturated rings. The summed E-state index contributed by atoms with van der Waals surface area (Å²) in [6.07, 6.45) is -7.54. The Morgan fingerprint density at radius 1 is 1.04 bits per heavy atom. The average molecular weight is 379 g/mol. The quantitative estimate of drug-likeness (QED) is 0.490. The molecule has 0 spiro atoms. The van der Waals surface area contributed by atoms with Crippen LogP contribution in [-0.4, -0.2) is 70.9 Å². The van der Waals surface area contributed by atoms with E-state index in [2.05, 4.69) is 5.32 Å². The van der Waals surface area contributed by atoms with E-state index in [1.54, 1.807) is 36.4 Å². The summed E-state index contributed by atoms with van der Waals surface area (Å²) < 4.78 is 16.3. The van der Waals surface area contributed by atoms with Gasteiger partial charge in [0.1, 0.15) is 35.9 Å². The van der Waals surface area contributed by atoms with Crippen LogP contribution in [0.5, 0.6) is 11.5 Å². The molecule has 5 N–H and O–H groups in total. The van der Waals surface area contributed by atoms with Gasteiger partial charge in [-0.15, -0.1) is 0 Å². The molecule has 1 amide bonds. The topological polar surface area (TPSA) is 138 Å². The van der Waals surface area contributed by atoms with Gasteiger partial charge in [-0.3, -0.25) is 0 Å². The first-order valence-corrected chi connectivity index (χ1v) is 8.34. The molecule has 9 nitrogen and oxygen atoms in total. The Bertz CT molecular complexity index is 811. The maximum Gasteiger partial charge on any atom is 0.412 e. The number of ether oxygens (including phenoxy) is 3. The smallest absolute Gasteiger partial charge is 0.412 e. The van der Waals surface area contributed by atoms with Gasteiger partial charge in [0.15, 0.2) is 0 Å². The molecule has 1 aliphatic heterocycles. The van der Waals surface area contributed by atoms with Crippen LogP contribution in [-0.2, 0) is 4.74 Å². The van der Waals surface area contributed by atoms with Gasteiger partial charge in [-0.05, 0) is 12.1 Å². The van der Waals surface area contributed by atoms with Gasteiger partial charge in [-0.25, -0.2) is 4.79 Å². The van der Waals surface area contributed by atoms with Crippen LogP contribution >= 0.6 is 0 Å². The van der Waals surface area contributed by atoms with Crippen LogP contribution in [0.15, 0.2) is 36.4 Å². The molecule has 0 radical (unpaired) electrons. The second kappa shape index (κ2) is 8.07. The summed E-state index contributed by atoms with van der Waals surface area (Å²) in [7, 11) is 1.45. The Labute approximate surface area is 154 Å². The number of carbonyl (C=O) groups excluding carboxylic acids is 1. The van der Waals surface area contributed by atoms with E-state index in [1.165, 1.54) is 7.05 Å². The van der Waals surface area contributed by atoms with Crippen molar-refractivity contribution < 1.29 is 39.4 Å². The fourth-order valence-corrected chi connectivity index (χ4v) is 2.88. The fraction of sp³-hybridized carbons (Fsp3) is 0.389. The Kier molecular flexibility index (Phi) is 5.78. The molecule has 1 saturated heterocycles. The third-order valence-corrected chi connectivity index (χ3v) is 4.34. The molecular weight excluding hydrogens is 358 g/mol. The molecule has 5 atom stereocenters. The standard InChI is InChI=1S/C18H21NO8/c1-19-18(24)27-12-7-3-4-9-10(12)5-2-6-11(9)25-17-16(23)15(22)14(21)13(8-20)26-17/h2-7,13-17,20-23H,8H2,1H3,(H,19,24)/t13-,14+,15+,16+,17+/m0/s1. The highest BCUT2D eigenvalue weighted by Crippen LogP contribution is 2.34. The zero-order valence-corrected chi connectivity index (χ0v) is 14.5. The van der Waals surface area contributed by atoms with Gasteiger partial charge >= 0.3 is 6.09 Å². The summed E-state index contributed by atoms with van der Waals surface area (Å²) >= 11 is 0. The SMILES string of the molecule is CNC(=O)Oc1cccc2c(O[C@@H]3O[C@@H](CO)[C@@H](O)[C@@H](O)[C@H]3O)cccc12. The molecule has 2 aromatic rings. The summed E-state index contributed by atoms with van der Waals surface area (Å²) in [6.45, 7) is -0.551. The third-order valence-electron chi connectivity index (χ3n) is 4.34. The van der Waals surface area contributed by atoms with Crippen molar-refractivity contribution in [2.45, 2.75) is 30.7 Å². The van der Waals surface area contributed by atoms with Crippen LogP contribution in [0.3, 0.4) is 0 Å². The van der Waals surface area contributed by atoms with E-state index in [1.807, 2.05) is 0 Å². The lowest BCUT2D eigenvalue weighted by Crippen LogP contribution is -2.60. The second-order valence-electron chi connectivity index (χ2n) is 6.06. The van der Waals surface area contributed by atoms with Crippen molar-refractivity contribution in [3.63, 3.8) is 0 Å². The summed E-state index contributed by atoms with van der Waals surface area (Å²) in [4.78, 5) is 11.5. The van der Waals surface area contributed by atoms with E-state index < -0.39 is 43.4 Å². The first kappa shape index (κ1) is 19.3. The van der Waals surface area contributed by atoms with E-state index in [0.717, 1.165) is 0 Å². The van der Waals surface area contributed by atoms with E-state index in [0.29, 0.717) is 22.3 Å². The first-order chi connectivity index (χ1) is 13.0. The zero-order valence-electron chi connectivity index (χ0n) is 14.5. The van der Waals surface area contributed by atoms with E-state index in [9.17, 15) is 25.2 Å². The van der Waals surface area contributed by atoms with Gasteiger partial charge in [0.25, 0.3) is 0 Å². The number of amides is 1. The predicted octanol–water partition coefficient (Wildman–Crippen LogP) is -0.263. The maximum absolute atomic E-state index is 11.5.